The highest BCUT2D eigenvalue weighted by Gasteiger charge is 2.34. The molecule has 0 amide bonds. The van der Waals surface area contributed by atoms with Crippen LogP contribution in [0, 0.1) is 0 Å². The van der Waals surface area contributed by atoms with Crippen molar-refractivity contribution in [3.8, 4) is 23.0 Å². The van der Waals surface area contributed by atoms with Gasteiger partial charge in [-0.05, 0) is 17.7 Å². The zero-order valence-electron chi connectivity index (χ0n) is 17.3. The first-order valence-corrected chi connectivity index (χ1v) is 11.3. The summed E-state index contributed by atoms with van der Waals surface area (Å²) in [5.74, 6) is 0.132. The highest BCUT2D eigenvalue weighted by molar-refractivity contribution is 7.91. The Labute approximate surface area is 185 Å². The Morgan fingerprint density at radius 3 is 2.25 bits per heavy atom. The number of hydrogen-bond donors (Lipinski definition) is 0. The van der Waals surface area contributed by atoms with Crippen molar-refractivity contribution in [1.29, 1.82) is 0 Å². The van der Waals surface area contributed by atoms with Crippen molar-refractivity contribution in [1.82, 2.24) is 33.6 Å². The second-order valence-electron chi connectivity index (χ2n) is 7.07. The third-order valence-electron chi connectivity index (χ3n) is 5.15. The predicted octanol–water partition coefficient (Wildman–Crippen LogP) is 3.24. The Bertz CT molecular complexity index is 1470. The molecule has 0 aromatic carbocycles. The van der Waals surface area contributed by atoms with E-state index in [-0.39, 0.29) is 38.9 Å². The molecule has 0 saturated heterocycles. The summed E-state index contributed by atoms with van der Waals surface area (Å²) in [6.45, 7) is 1.49. The van der Waals surface area contributed by atoms with Crippen LogP contribution in [0.3, 0.4) is 0 Å². The van der Waals surface area contributed by atoms with Crippen molar-refractivity contribution in [3.05, 3.63) is 29.4 Å². The average molecular weight is 488 g/mol. The summed E-state index contributed by atoms with van der Waals surface area (Å²) in [5.41, 5.74) is -0.323. The minimum Gasteiger partial charge on any atom is -0.324 e. The van der Waals surface area contributed by atoms with Gasteiger partial charge in [0.05, 0.1) is 29.2 Å². The van der Waals surface area contributed by atoms with Crippen LogP contribution in [0.15, 0.2) is 23.5 Å². The zero-order valence-corrected chi connectivity index (χ0v) is 18.9. The Morgan fingerprint density at radius 1 is 1.00 bits per heavy atom. The summed E-state index contributed by atoms with van der Waals surface area (Å²) >= 11 is 6.02. The first-order chi connectivity index (χ1) is 14.9. The van der Waals surface area contributed by atoms with Gasteiger partial charge in [0.1, 0.15) is 17.1 Å². The smallest absolute Gasteiger partial charge is 0.324 e. The molecule has 0 fully saturated rings. The lowest BCUT2D eigenvalue weighted by molar-refractivity contribution is -0.141. The molecule has 0 aliphatic carbocycles. The van der Waals surface area contributed by atoms with Crippen LogP contribution in [0.5, 0.6) is 0 Å². The first-order valence-electron chi connectivity index (χ1n) is 9.24. The van der Waals surface area contributed by atoms with Gasteiger partial charge in [0.2, 0.25) is 5.28 Å². The predicted molar refractivity (Wildman–Crippen MR) is 111 cm³/mol. The van der Waals surface area contributed by atoms with Gasteiger partial charge in [0.15, 0.2) is 26.5 Å². The number of aromatic nitrogens is 7. The normalized spacial score (nSPS) is 12.8. The molecule has 9 nitrogen and oxygen atoms in total. The standard InChI is InChI=1S/C18H17ClF3N7O2S/c1-5-32(30,31)16-13(26-14(29(16)4)11-8-24-17(19)28(11)3)15-25-9-6-12(18(20,21)22)23-7-10(9)27(15)2/h6-8H,5H2,1-4H3. The number of aryl methyl sites for hydroxylation is 1. The van der Waals surface area contributed by atoms with Gasteiger partial charge in [-0.25, -0.2) is 28.4 Å². The lowest BCUT2D eigenvalue weighted by atomic mass is 10.3. The van der Waals surface area contributed by atoms with E-state index in [9.17, 15) is 21.6 Å². The third kappa shape index (κ3) is 3.35. The van der Waals surface area contributed by atoms with E-state index in [0.29, 0.717) is 11.2 Å². The molecule has 0 aliphatic heterocycles. The summed E-state index contributed by atoms with van der Waals surface area (Å²) in [4.78, 5) is 16.2. The van der Waals surface area contributed by atoms with Crippen molar-refractivity contribution in [2.75, 3.05) is 5.75 Å². The summed E-state index contributed by atoms with van der Waals surface area (Å²) in [6, 6.07) is 0.817. The molecule has 0 unspecified atom stereocenters. The monoisotopic (exact) mass is 487 g/mol. The Balaban J connectivity index is 2.03. The van der Waals surface area contributed by atoms with Gasteiger partial charge in [-0.2, -0.15) is 13.2 Å². The van der Waals surface area contributed by atoms with Crippen molar-refractivity contribution in [2.45, 2.75) is 18.1 Å². The molecular formula is C18H17ClF3N7O2S. The first kappa shape index (κ1) is 22.3. The van der Waals surface area contributed by atoms with Crippen LogP contribution >= 0.6 is 11.6 Å². The highest BCUT2D eigenvalue weighted by atomic mass is 35.5. The lowest BCUT2D eigenvalue weighted by Gasteiger charge is -2.07. The molecule has 0 spiro atoms. The van der Waals surface area contributed by atoms with Crippen LogP contribution in [0.25, 0.3) is 34.1 Å². The maximum Gasteiger partial charge on any atom is 0.433 e. The second kappa shape index (κ2) is 7.30. The molecule has 0 bridgehead atoms. The van der Waals surface area contributed by atoms with Crippen molar-refractivity contribution in [3.63, 3.8) is 0 Å². The van der Waals surface area contributed by atoms with E-state index < -0.39 is 21.7 Å². The molecule has 170 valence electrons. The van der Waals surface area contributed by atoms with Crippen LogP contribution in [0.2, 0.25) is 5.28 Å². The molecule has 0 radical (unpaired) electrons. The number of halogens is 4. The number of imidazole rings is 3. The van der Waals surface area contributed by atoms with Crippen LogP contribution in [0.1, 0.15) is 12.6 Å². The minimum absolute atomic E-state index is 0.00827. The molecule has 0 N–H and O–H groups in total. The fourth-order valence-corrected chi connectivity index (χ4v) is 4.75. The van der Waals surface area contributed by atoms with E-state index >= 15 is 0 Å². The number of nitrogens with zero attached hydrogens (tertiary/aromatic N) is 7. The van der Waals surface area contributed by atoms with Crippen LogP contribution in [-0.4, -0.2) is 47.8 Å². The fourth-order valence-electron chi connectivity index (χ4n) is 3.40. The lowest BCUT2D eigenvalue weighted by Crippen LogP contribution is -2.12. The molecule has 14 heteroatoms. The Hall–Kier alpha value is -2.93. The topological polar surface area (TPSA) is 100 Å². The van der Waals surface area contributed by atoms with E-state index in [1.54, 1.807) is 14.1 Å². The SMILES string of the molecule is CCS(=O)(=O)c1c(-c2nc3cc(C(F)(F)F)ncc3n2C)nc(-c2cnc(Cl)n2C)n1C. The van der Waals surface area contributed by atoms with E-state index in [1.807, 2.05) is 0 Å². The van der Waals surface area contributed by atoms with Gasteiger partial charge < -0.3 is 13.7 Å². The van der Waals surface area contributed by atoms with Gasteiger partial charge in [0.25, 0.3) is 0 Å². The third-order valence-corrected chi connectivity index (χ3v) is 7.31. The maximum atomic E-state index is 13.1. The number of pyridine rings is 1. The number of hydrogen-bond acceptors (Lipinski definition) is 6. The van der Waals surface area contributed by atoms with Crippen LogP contribution in [0.4, 0.5) is 13.2 Å². The number of rotatable bonds is 4. The van der Waals surface area contributed by atoms with Crippen LogP contribution < -0.4 is 0 Å². The second-order valence-corrected chi connectivity index (χ2v) is 9.61. The Kier molecular flexibility index (Phi) is 5.08. The molecule has 0 saturated carbocycles. The van der Waals surface area contributed by atoms with Gasteiger partial charge in [0, 0.05) is 21.1 Å². The highest BCUT2D eigenvalue weighted by Crippen LogP contribution is 2.35. The molecule has 4 aromatic rings. The molecule has 0 aliphatic rings. The molecule has 4 rings (SSSR count). The number of alkyl halides is 3. The van der Waals surface area contributed by atoms with Crippen molar-refractivity contribution in [2.24, 2.45) is 21.1 Å². The summed E-state index contributed by atoms with van der Waals surface area (Å²) < 4.78 is 69.5. The summed E-state index contributed by atoms with van der Waals surface area (Å²) in [6.07, 6.45) is -2.14. The summed E-state index contributed by atoms with van der Waals surface area (Å²) in [7, 11) is 0.929. The summed E-state index contributed by atoms with van der Waals surface area (Å²) in [5, 5.41) is 0.0627. The average Bonchev–Trinajstić information content (AvgIpc) is 3.35. The minimum atomic E-state index is -4.64. The van der Waals surface area contributed by atoms with E-state index in [0.717, 1.165) is 12.3 Å². The van der Waals surface area contributed by atoms with E-state index in [2.05, 4.69) is 19.9 Å². The molecule has 4 heterocycles. The van der Waals surface area contributed by atoms with E-state index in [1.165, 1.54) is 33.9 Å². The van der Waals surface area contributed by atoms with Gasteiger partial charge in [-0.1, -0.05) is 6.92 Å². The molecule has 4 aromatic heterocycles. The Morgan fingerprint density at radius 2 is 1.69 bits per heavy atom. The van der Waals surface area contributed by atoms with Crippen molar-refractivity contribution >= 4 is 32.5 Å². The van der Waals surface area contributed by atoms with Gasteiger partial charge in [-0.3, -0.25) is 0 Å². The maximum absolute atomic E-state index is 13.1. The molecule has 0 atom stereocenters. The van der Waals surface area contributed by atoms with Crippen LogP contribution in [-0.2, 0) is 37.2 Å². The van der Waals surface area contributed by atoms with E-state index in [4.69, 9.17) is 11.6 Å². The van der Waals surface area contributed by atoms with Crippen molar-refractivity contribution < 1.29 is 21.6 Å². The number of fused-ring (bicyclic) bond motifs is 1. The quantitative estimate of drug-likeness (QED) is 0.438. The largest absolute Gasteiger partial charge is 0.433 e. The van der Waals surface area contributed by atoms with Gasteiger partial charge in [-0.15, -0.1) is 0 Å². The molecule has 32 heavy (non-hydrogen) atoms. The fraction of sp³-hybridized carbons (Fsp3) is 0.333. The number of sulfone groups is 1. The molecular weight excluding hydrogens is 471 g/mol. The zero-order chi connectivity index (χ0) is 23.6. The van der Waals surface area contributed by atoms with Gasteiger partial charge >= 0.3 is 6.18 Å².